The molecule has 1 aromatic carbocycles. The second-order valence-corrected chi connectivity index (χ2v) is 8.62. The van der Waals surface area contributed by atoms with E-state index in [4.69, 9.17) is 0 Å². The third-order valence-electron chi connectivity index (χ3n) is 5.48. The highest BCUT2D eigenvalue weighted by Gasteiger charge is 2.35. The van der Waals surface area contributed by atoms with E-state index in [1.54, 1.807) is 4.90 Å². The molecule has 0 spiro atoms. The van der Waals surface area contributed by atoms with Crippen LogP contribution in [0.4, 0.5) is 10.5 Å². The number of hydrogen-bond donors (Lipinski definition) is 1. The quantitative estimate of drug-likeness (QED) is 0.671. The first-order valence-corrected chi connectivity index (χ1v) is 10.9. The zero-order chi connectivity index (χ0) is 21.7. The van der Waals surface area contributed by atoms with E-state index in [0.29, 0.717) is 19.0 Å². The zero-order valence-electron chi connectivity index (χ0n) is 18.6. The Balaban J connectivity index is 1.69. The van der Waals surface area contributed by atoms with Gasteiger partial charge in [-0.25, -0.2) is 4.79 Å². The fraction of sp³-hybridized carbons (Fsp3) is 0.500. The third kappa shape index (κ3) is 5.88. The fourth-order valence-corrected chi connectivity index (χ4v) is 3.61. The van der Waals surface area contributed by atoms with E-state index in [1.807, 2.05) is 59.1 Å². The molecular formula is C24H34N4O2. The summed E-state index contributed by atoms with van der Waals surface area (Å²) in [4.78, 5) is 29.8. The first-order valence-electron chi connectivity index (χ1n) is 10.9. The van der Waals surface area contributed by atoms with Crippen molar-refractivity contribution in [1.29, 1.82) is 0 Å². The van der Waals surface area contributed by atoms with Gasteiger partial charge in [0, 0.05) is 37.2 Å². The number of hydrogen-bond acceptors (Lipinski definition) is 2. The SMILES string of the molecule is CCc1cccc(NC(=O)N(CC(=O)N(Cc2cccn2C)CC(C)C)C2CC2)c1. The molecule has 0 atom stereocenters. The van der Waals surface area contributed by atoms with Gasteiger partial charge < -0.3 is 19.7 Å². The largest absolute Gasteiger partial charge is 0.353 e. The van der Waals surface area contributed by atoms with Crippen LogP contribution < -0.4 is 5.32 Å². The molecule has 1 N–H and O–H groups in total. The molecule has 162 valence electrons. The summed E-state index contributed by atoms with van der Waals surface area (Å²) in [5.41, 5.74) is 3.04. The number of carbonyl (C=O) groups is 2. The number of anilines is 1. The summed E-state index contributed by atoms with van der Waals surface area (Å²) < 4.78 is 2.03. The van der Waals surface area contributed by atoms with E-state index in [2.05, 4.69) is 26.1 Å². The van der Waals surface area contributed by atoms with E-state index >= 15 is 0 Å². The highest BCUT2D eigenvalue weighted by atomic mass is 16.2. The molecule has 30 heavy (non-hydrogen) atoms. The maximum atomic E-state index is 13.2. The summed E-state index contributed by atoms with van der Waals surface area (Å²) in [6.07, 6.45) is 4.81. The summed E-state index contributed by atoms with van der Waals surface area (Å²) in [7, 11) is 1.99. The lowest BCUT2D eigenvalue weighted by Gasteiger charge is -2.29. The van der Waals surface area contributed by atoms with Crippen molar-refractivity contribution < 1.29 is 9.59 Å². The molecular weight excluding hydrogens is 376 g/mol. The molecule has 0 aliphatic heterocycles. The molecule has 1 saturated carbocycles. The van der Waals surface area contributed by atoms with Crippen LogP contribution in [-0.4, -0.2) is 45.4 Å². The summed E-state index contributed by atoms with van der Waals surface area (Å²) >= 11 is 0. The van der Waals surface area contributed by atoms with Crippen LogP contribution in [0.15, 0.2) is 42.6 Å². The highest BCUT2D eigenvalue weighted by Crippen LogP contribution is 2.28. The second kappa shape index (κ2) is 9.83. The standard InChI is InChI=1S/C24H34N4O2/c1-5-19-8-6-9-20(14-19)25-24(30)28(21-11-12-21)17-23(29)27(15-18(2)3)16-22-10-7-13-26(22)4/h6-10,13-14,18,21H,5,11-12,15-17H2,1-4H3,(H,25,30). The minimum Gasteiger partial charge on any atom is -0.353 e. The molecule has 1 aliphatic rings. The summed E-state index contributed by atoms with van der Waals surface area (Å²) in [5.74, 6) is 0.350. The molecule has 6 heteroatoms. The first kappa shape index (κ1) is 21.9. The molecule has 1 aromatic heterocycles. The number of urea groups is 1. The minimum atomic E-state index is -0.192. The Labute approximate surface area is 179 Å². The van der Waals surface area contributed by atoms with Crippen LogP contribution in [0.3, 0.4) is 0 Å². The van der Waals surface area contributed by atoms with Gasteiger partial charge in [-0.15, -0.1) is 0 Å². The van der Waals surface area contributed by atoms with Crippen molar-refractivity contribution in [3.05, 3.63) is 53.9 Å². The second-order valence-electron chi connectivity index (χ2n) is 8.62. The normalized spacial score (nSPS) is 13.4. The lowest BCUT2D eigenvalue weighted by Crippen LogP contribution is -2.46. The number of aromatic nitrogens is 1. The van der Waals surface area contributed by atoms with Crippen LogP contribution >= 0.6 is 0 Å². The lowest BCUT2D eigenvalue weighted by atomic mass is 10.1. The van der Waals surface area contributed by atoms with Crippen molar-refractivity contribution in [1.82, 2.24) is 14.4 Å². The molecule has 0 radical (unpaired) electrons. The smallest absolute Gasteiger partial charge is 0.322 e. The maximum Gasteiger partial charge on any atom is 0.322 e. The van der Waals surface area contributed by atoms with Crippen molar-refractivity contribution >= 4 is 17.6 Å². The Morgan fingerprint density at radius 1 is 1.20 bits per heavy atom. The summed E-state index contributed by atoms with van der Waals surface area (Å²) in [5, 5.41) is 2.99. The van der Waals surface area contributed by atoms with Gasteiger partial charge in [-0.05, 0) is 55.0 Å². The Hall–Kier alpha value is -2.76. The topological polar surface area (TPSA) is 57.6 Å². The molecule has 3 amide bonds. The van der Waals surface area contributed by atoms with E-state index in [-0.39, 0.29) is 24.5 Å². The van der Waals surface area contributed by atoms with Gasteiger partial charge in [0.25, 0.3) is 0 Å². The Morgan fingerprint density at radius 2 is 1.97 bits per heavy atom. The fourth-order valence-electron chi connectivity index (χ4n) is 3.61. The third-order valence-corrected chi connectivity index (χ3v) is 5.48. The Kier molecular flexibility index (Phi) is 7.19. The van der Waals surface area contributed by atoms with Crippen molar-refractivity contribution in [3.63, 3.8) is 0 Å². The van der Waals surface area contributed by atoms with Crippen molar-refractivity contribution in [3.8, 4) is 0 Å². The minimum absolute atomic E-state index is 0.00532. The van der Waals surface area contributed by atoms with Gasteiger partial charge in [0.05, 0.1) is 6.54 Å². The predicted octanol–water partition coefficient (Wildman–Crippen LogP) is 4.27. The van der Waals surface area contributed by atoms with Crippen LogP contribution in [-0.2, 0) is 24.8 Å². The zero-order valence-corrected chi connectivity index (χ0v) is 18.6. The van der Waals surface area contributed by atoms with E-state index < -0.39 is 0 Å². The van der Waals surface area contributed by atoms with Crippen molar-refractivity contribution in [2.24, 2.45) is 13.0 Å². The van der Waals surface area contributed by atoms with Crippen LogP contribution in [0.5, 0.6) is 0 Å². The number of carbonyl (C=O) groups excluding carboxylic acids is 2. The van der Waals surface area contributed by atoms with Crippen LogP contribution in [0.2, 0.25) is 0 Å². The van der Waals surface area contributed by atoms with Gasteiger partial charge in [-0.1, -0.05) is 32.9 Å². The number of amides is 3. The Bertz CT molecular complexity index is 870. The van der Waals surface area contributed by atoms with Crippen molar-refractivity contribution in [2.75, 3.05) is 18.4 Å². The molecule has 1 fully saturated rings. The number of aryl methyl sites for hydroxylation is 2. The molecule has 1 heterocycles. The van der Waals surface area contributed by atoms with E-state index in [9.17, 15) is 9.59 Å². The van der Waals surface area contributed by atoms with E-state index in [0.717, 1.165) is 30.6 Å². The van der Waals surface area contributed by atoms with Gasteiger partial charge in [-0.3, -0.25) is 4.79 Å². The predicted molar refractivity (Wildman–Crippen MR) is 120 cm³/mol. The van der Waals surface area contributed by atoms with Crippen LogP contribution in [0.1, 0.15) is 44.9 Å². The average Bonchev–Trinajstić information content (AvgIpc) is 3.47. The van der Waals surface area contributed by atoms with Crippen molar-refractivity contribution in [2.45, 2.75) is 52.6 Å². The molecule has 0 saturated heterocycles. The highest BCUT2D eigenvalue weighted by molar-refractivity contribution is 5.93. The number of benzene rings is 1. The van der Waals surface area contributed by atoms with Crippen LogP contribution in [0.25, 0.3) is 0 Å². The maximum absolute atomic E-state index is 13.2. The average molecular weight is 411 g/mol. The van der Waals surface area contributed by atoms with Crippen LogP contribution in [0, 0.1) is 5.92 Å². The number of nitrogens with zero attached hydrogens (tertiary/aromatic N) is 3. The number of rotatable bonds is 9. The number of nitrogens with one attached hydrogen (secondary N) is 1. The molecule has 2 aromatic rings. The Morgan fingerprint density at radius 3 is 2.57 bits per heavy atom. The van der Waals surface area contributed by atoms with Gasteiger partial charge >= 0.3 is 6.03 Å². The van der Waals surface area contributed by atoms with Gasteiger partial charge in [0.15, 0.2) is 0 Å². The van der Waals surface area contributed by atoms with E-state index in [1.165, 1.54) is 5.56 Å². The van der Waals surface area contributed by atoms with Gasteiger partial charge in [-0.2, -0.15) is 0 Å². The van der Waals surface area contributed by atoms with Gasteiger partial charge in [0.2, 0.25) is 5.91 Å². The monoisotopic (exact) mass is 410 g/mol. The molecule has 3 rings (SSSR count). The molecule has 0 bridgehead atoms. The molecule has 6 nitrogen and oxygen atoms in total. The summed E-state index contributed by atoms with van der Waals surface area (Å²) in [6, 6.07) is 11.9. The van der Waals surface area contributed by atoms with Gasteiger partial charge in [0.1, 0.15) is 6.54 Å². The lowest BCUT2D eigenvalue weighted by molar-refractivity contribution is -0.133. The first-order chi connectivity index (χ1) is 14.4. The molecule has 1 aliphatic carbocycles. The summed E-state index contributed by atoms with van der Waals surface area (Å²) in [6.45, 7) is 7.64. The molecule has 0 unspecified atom stereocenters.